The number of carbonyl (C=O) groups excluding carboxylic acids is 2. The SMILES string of the molecule is CN(C)CCC(=NO)C(=O)c1ccc2c(c1)Cc1cc(C(=O)C(CCN(C)C)=NO)ccc1-2. The molecule has 0 heterocycles. The first-order chi connectivity index (χ1) is 15.7. The number of nitrogens with zero attached hydrogens (tertiary/aromatic N) is 4. The van der Waals surface area contributed by atoms with E-state index < -0.39 is 0 Å². The van der Waals surface area contributed by atoms with Crippen LogP contribution in [0.2, 0.25) is 0 Å². The number of Topliss-reactive ketones (excluding diaryl/α,β-unsaturated/α-hetero) is 2. The summed E-state index contributed by atoms with van der Waals surface area (Å²) in [5.41, 5.74) is 5.19. The van der Waals surface area contributed by atoms with E-state index in [1.54, 1.807) is 12.1 Å². The Balaban J connectivity index is 1.81. The first-order valence-electron chi connectivity index (χ1n) is 10.8. The Kier molecular flexibility index (Phi) is 7.73. The minimum atomic E-state index is -0.293. The van der Waals surface area contributed by atoms with E-state index in [1.165, 1.54) is 0 Å². The van der Waals surface area contributed by atoms with Gasteiger partial charge in [-0.05, 0) is 69.0 Å². The molecule has 0 bridgehead atoms. The first-order valence-corrected chi connectivity index (χ1v) is 10.8. The summed E-state index contributed by atoms with van der Waals surface area (Å²) in [6.07, 6.45) is 1.29. The van der Waals surface area contributed by atoms with Gasteiger partial charge in [-0.2, -0.15) is 0 Å². The Labute approximate surface area is 193 Å². The molecule has 0 atom stereocenters. The van der Waals surface area contributed by atoms with Crippen molar-refractivity contribution in [2.24, 2.45) is 10.3 Å². The van der Waals surface area contributed by atoms with E-state index in [9.17, 15) is 20.0 Å². The third kappa shape index (κ3) is 5.53. The Hall–Kier alpha value is -3.36. The van der Waals surface area contributed by atoms with Crippen LogP contribution < -0.4 is 0 Å². The van der Waals surface area contributed by atoms with Crippen molar-refractivity contribution in [3.05, 3.63) is 58.7 Å². The maximum atomic E-state index is 12.8. The lowest BCUT2D eigenvalue weighted by molar-refractivity contribution is 0.105. The summed E-state index contributed by atoms with van der Waals surface area (Å²) >= 11 is 0. The maximum absolute atomic E-state index is 12.8. The smallest absolute Gasteiger partial charge is 0.210 e. The van der Waals surface area contributed by atoms with Gasteiger partial charge in [-0.1, -0.05) is 34.6 Å². The minimum absolute atomic E-state index is 0.126. The number of benzene rings is 2. The molecule has 8 heteroatoms. The largest absolute Gasteiger partial charge is 0.411 e. The van der Waals surface area contributed by atoms with Crippen LogP contribution >= 0.6 is 0 Å². The zero-order valence-electron chi connectivity index (χ0n) is 19.5. The minimum Gasteiger partial charge on any atom is -0.411 e. The molecule has 0 fully saturated rings. The van der Waals surface area contributed by atoms with E-state index in [0.29, 0.717) is 43.5 Å². The molecule has 1 aliphatic rings. The average Bonchev–Trinajstić information content (AvgIpc) is 3.16. The zero-order chi connectivity index (χ0) is 24.1. The first kappa shape index (κ1) is 24.3. The molecule has 0 radical (unpaired) electrons. The van der Waals surface area contributed by atoms with Gasteiger partial charge in [0.15, 0.2) is 0 Å². The lowest BCUT2D eigenvalue weighted by atomic mass is 9.97. The predicted octanol–water partition coefficient (Wildman–Crippen LogP) is 3.19. The highest BCUT2D eigenvalue weighted by Crippen LogP contribution is 2.37. The molecule has 0 unspecified atom stereocenters. The van der Waals surface area contributed by atoms with Gasteiger partial charge in [-0.25, -0.2) is 0 Å². The number of hydrogen-bond donors (Lipinski definition) is 2. The number of rotatable bonds is 10. The molecule has 3 rings (SSSR count). The Morgan fingerprint density at radius 1 is 0.758 bits per heavy atom. The topological polar surface area (TPSA) is 106 Å². The van der Waals surface area contributed by atoms with Gasteiger partial charge < -0.3 is 20.2 Å². The normalized spacial score (nSPS) is 13.4. The summed E-state index contributed by atoms with van der Waals surface area (Å²) in [6, 6.07) is 10.9. The van der Waals surface area contributed by atoms with Gasteiger partial charge in [-0.3, -0.25) is 9.59 Å². The maximum Gasteiger partial charge on any atom is 0.210 e. The van der Waals surface area contributed by atoms with Crippen molar-refractivity contribution in [3.8, 4) is 11.1 Å². The summed E-state index contributed by atoms with van der Waals surface area (Å²) in [5, 5.41) is 25.1. The summed E-state index contributed by atoms with van der Waals surface area (Å²) in [4.78, 5) is 29.5. The van der Waals surface area contributed by atoms with E-state index in [0.717, 1.165) is 22.3 Å². The molecule has 174 valence electrons. The Morgan fingerprint density at radius 2 is 1.15 bits per heavy atom. The van der Waals surface area contributed by atoms with Crippen molar-refractivity contribution in [1.82, 2.24) is 9.80 Å². The third-order valence-electron chi connectivity index (χ3n) is 5.76. The highest BCUT2D eigenvalue weighted by atomic mass is 16.4. The van der Waals surface area contributed by atoms with E-state index in [2.05, 4.69) is 10.3 Å². The fourth-order valence-electron chi connectivity index (χ4n) is 3.90. The van der Waals surface area contributed by atoms with Gasteiger partial charge in [0.1, 0.15) is 11.4 Å². The standard InChI is InChI=1S/C25H30N4O4/c1-28(2)11-9-22(26-32)24(30)16-5-7-20-18(13-16)15-19-14-17(6-8-21(19)20)25(31)23(27-33)10-12-29(3)4/h5-8,13-14,32-33H,9-12,15H2,1-4H3. The van der Waals surface area contributed by atoms with Gasteiger partial charge in [0, 0.05) is 37.1 Å². The Bertz CT molecular complexity index is 1030. The van der Waals surface area contributed by atoms with E-state index in [-0.39, 0.29) is 23.0 Å². The number of fused-ring (bicyclic) bond motifs is 3. The van der Waals surface area contributed by atoms with Crippen LogP contribution in [0.15, 0.2) is 46.7 Å². The second kappa shape index (κ2) is 10.5. The summed E-state index contributed by atoms with van der Waals surface area (Å²) in [6.45, 7) is 1.21. The van der Waals surface area contributed by atoms with Crippen LogP contribution in [-0.2, 0) is 6.42 Å². The number of carbonyl (C=O) groups is 2. The molecule has 0 spiro atoms. The molecule has 0 amide bonds. The quantitative estimate of drug-likeness (QED) is 0.213. The van der Waals surface area contributed by atoms with Crippen LogP contribution in [0.5, 0.6) is 0 Å². The molecule has 2 N–H and O–H groups in total. The molecule has 0 saturated carbocycles. The van der Waals surface area contributed by atoms with Crippen LogP contribution in [0.4, 0.5) is 0 Å². The number of hydrogen-bond acceptors (Lipinski definition) is 8. The zero-order valence-corrected chi connectivity index (χ0v) is 19.5. The fourth-order valence-corrected chi connectivity index (χ4v) is 3.90. The second-order valence-corrected chi connectivity index (χ2v) is 8.78. The Morgan fingerprint density at radius 3 is 1.48 bits per heavy atom. The lowest BCUT2D eigenvalue weighted by Gasteiger charge is -2.10. The number of oxime groups is 2. The highest BCUT2D eigenvalue weighted by molar-refractivity contribution is 6.46. The van der Waals surface area contributed by atoms with Crippen LogP contribution in [-0.4, -0.2) is 84.5 Å². The predicted molar refractivity (Wildman–Crippen MR) is 128 cm³/mol. The monoisotopic (exact) mass is 450 g/mol. The van der Waals surface area contributed by atoms with Gasteiger partial charge in [-0.15, -0.1) is 0 Å². The lowest BCUT2D eigenvalue weighted by Crippen LogP contribution is -2.22. The summed E-state index contributed by atoms with van der Waals surface area (Å²) in [5.74, 6) is -0.586. The van der Waals surface area contributed by atoms with Crippen molar-refractivity contribution < 1.29 is 20.0 Å². The fraction of sp³-hybridized carbons (Fsp3) is 0.360. The van der Waals surface area contributed by atoms with Crippen LogP contribution in [0.3, 0.4) is 0 Å². The van der Waals surface area contributed by atoms with Gasteiger partial charge in [0.05, 0.1) is 0 Å². The van der Waals surface area contributed by atoms with Crippen molar-refractivity contribution in [2.75, 3.05) is 41.3 Å². The molecular formula is C25H30N4O4. The van der Waals surface area contributed by atoms with Crippen molar-refractivity contribution >= 4 is 23.0 Å². The van der Waals surface area contributed by atoms with Gasteiger partial charge in [0.2, 0.25) is 11.6 Å². The van der Waals surface area contributed by atoms with Crippen LogP contribution in [0.25, 0.3) is 11.1 Å². The van der Waals surface area contributed by atoms with E-state index in [4.69, 9.17) is 0 Å². The van der Waals surface area contributed by atoms with Gasteiger partial charge in [0.25, 0.3) is 0 Å². The molecule has 1 aliphatic carbocycles. The third-order valence-corrected chi connectivity index (χ3v) is 5.76. The number of ketones is 2. The summed E-state index contributed by atoms with van der Waals surface area (Å²) < 4.78 is 0. The molecule has 0 aromatic heterocycles. The summed E-state index contributed by atoms with van der Waals surface area (Å²) in [7, 11) is 7.57. The van der Waals surface area contributed by atoms with Crippen molar-refractivity contribution in [3.63, 3.8) is 0 Å². The second-order valence-electron chi connectivity index (χ2n) is 8.78. The van der Waals surface area contributed by atoms with E-state index in [1.807, 2.05) is 62.3 Å². The average molecular weight is 451 g/mol. The highest BCUT2D eigenvalue weighted by Gasteiger charge is 2.24. The molecular weight excluding hydrogens is 420 g/mol. The van der Waals surface area contributed by atoms with Crippen molar-refractivity contribution in [2.45, 2.75) is 19.3 Å². The van der Waals surface area contributed by atoms with E-state index >= 15 is 0 Å². The van der Waals surface area contributed by atoms with Crippen LogP contribution in [0.1, 0.15) is 44.7 Å². The molecule has 0 aliphatic heterocycles. The van der Waals surface area contributed by atoms with Crippen molar-refractivity contribution in [1.29, 1.82) is 0 Å². The van der Waals surface area contributed by atoms with Gasteiger partial charge >= 0.3 is 0 Å². The molecule has 0 saturated heterocycles. The molecule has 33 heavy (non-hydrogen) atoms. The molecule has 2 aromatic rings. The molecule has 8 nitrogen and oxygen atoms in total. The van der Waals surface area contributed by atoms with Crippen LogP contribution in [0, 0.1) is 0 Å². The molecule has 2 aromatic carbocycles.